The van der Waals surface area contributed by atoms with E-state index in [2.05, 4.69) is 0 Å². The number of carbonyl (C=O) groups is 1. The Bertz CT molecular complexity index is 467. The SMILES string of the molecule is CC1(C(=O)c2ccccc2[N+](=O)[O-])CCCS1. The molecule has 0 radical (unpaired) electrons. The number of thioether (sulfide) groups is 1. The van der Waals surface area contributed by atoms with Crippen molar-refractivity contribution in [3.05, 3.63) is 39.9 Å². The lowest BCUT2D eigenvalue weighted by Crippen LogP contribution is -2.29. The van der Waals surface area contributed by atoms with E-state index in [9.17, 15) is 14.9 Å². The van der Waals surface area contributed by atoms with Gasteiger partial charge in [0.2, 0.25) is 0 Å². The number of rotatable bonds is 3. The van der Waals surface area contributed by atoms with E-state index in [1.54, 1.807) is 30.0 Å². The summed E-state index contributed by atoms with van der Waals surface area (Å²) < 4.78 is -0.494. The van der Waals surface area contributed by atoms with Gasteiger partial charge in [-0.05, 0) is 31.6 Å². The van der Waals surface area contributed by atoms with Crippen LogP contribution in [0.25, 0.3) is 0 Å². The molecule has 1 fully saturated rings. The van der Waals surface area contributed by atoms with E-state index < -0.39 is 9.67 Å². The fourth-order valence-electron chi connectivity index (χ4n) is 2.07. The first kappa shape index (κ1) is 12.1. The van der Waals surface area contributed by atoms with Crippen molar-refractivity contribution in [2.75, 3.05) is 5.75 Å². The molecule has 1 aromatic carbocycles. The van der Waals surface area contributed by atoms with Crippen molar-refractivity contribution >= 4 is 23.2 Å². The van der Waals surface area contributed by atoms with Crippen molar-refractivity contribution in [1.29, 1.82) is 0 Å². The van der Waals surface area contributed by atoms with Crippen LogP contribution in [0.4, 0.5) is 5.69 Å². The molecular weight excluding hydrogens is 238 g/mol. The van der Waals surface area contributed by atoms with Crippen LogP contribution in [-0.4, -0.2) is 21.2 Å². The Labute approximate surface area is 104 Å². The molecule has 1 heterocycles. The molecular formula is C12H13NO3S. The van der Waals surface area contributed by atoms with Crippen molar-refractivity contribution in [3.8, 4) is 0 Å². The van der Waals surface area contributed by atoms with Gasteiger partial charge in [0, 0.05) is 6.07 Å². The molecule has 90 valence electrons. The highest BCUT2D eigenvalue weighted by Crippen LogP contribution is 2.41. The third-order valence-corrected chi connectivity index (χ3v) is 4.56. The number of nitro benzene ring substituents is 1. The maximum Gasteiger partial charge on any atom is 0.280 e. The highest BCUT2D eigenvalue weighted by Gasteiger charge is 2.40. The first-order chi connectivity index (χ1) is 8.04. The third-order valence-electron chi connectivity index (χ3n) is 3.04. The van der Waals surface area contributed by atoms with Gasteiger partial charge in [0.15, 0.2) is 5.78 Å². The number of para-hydroxylation sites is 1. The maximum absolute atomic E-state index is 12.4. The molecule has 1 aliphatic rings. The van der Waals surface area contributed by atoms with Gasteiger partial charge in [-0.25, -0.2) is 0 Å². The molecule has 1 saturated heterocycles. The number of nitrogens with zero attached hydrogens (tertiary/aromatic N) is 1. The number of hydrogen-bond donors (Lipinski definition) is 0. The van der Waals surface area contributed by atoms with Gasteiger partial charge in [0.05, 0.1) is 15.2 Å². The monoisotopic (exact) mass is 251 g/mol. The first-order valence-electron chi connectivity index (χ1n) is 5.47. The number of Topliss-reactive ketones (excluding diaryl/α,β-unsaturated/α-hetero) is 1. The van der Waals surface area contributed by atoms with Gasteiger partial charge in [0.1, 0.15) is 0 Å². The van der Waals surface area contributed by atoms with Gasteiger partial charge < -0.3 is 0 Å². The Hall–Kier alpha value is -1.36. The van der Waals surface area contributed by atoms with Gasteiger partial charge in [-0.2, -0.15) is 0 Å². The largest absolute Gasteiger partial charge is 0.292 e. The van der Waals surface area contributed by atoms with E-state index in [0.29, 0.717) is 0 Å². The Kier molecular flexibility index (Phi) is 3.19. The van der Waals surface area contributed by atoms with Crippen molar-refractivity contribution < 1.29 is 9.72 Å². The van der Waals surface area contributed by atoms with Crippen LogP contribution in [0.15, 0.2) is 24.3 Å². The fraction of sp³-hybridized carbons (Fsp3) is 0.417. The summed E-state index contributed by atoms with van der Waals surface area (Å²) >= 11 is 1.60. The second kappa shape index (κ2) is 4.49. The Morgan fingerprint density at radius 3 is 2.76 bits per heavy atom. The van der Waals surface area contributed by atoms with Crippen LogP contribution in [0.1, 0.15) is 30.1 Å². The lowest BCUT2D eigenvalue weighted by atomic mass is 9.94. The zero-order valence-electron chi connectivity index (χ0n) is 9.51. The molecule has 0 saturated carbocycles. The second-order valence-corrected chi connectivity index (χ2v) is 5.88. The standard InChI is InChI=1S/C12H13NO3S/c1-12(7-4-8-17-12)11(14)9-5-2-3-6-10(9)13(15)16/h2-3,5-6H,4,7-8H2,1H3. The van der Waals surface area contributed by atoms with Crippen molar-refractivity contribution in [3.63, 3.8) is 0 Å². The van der Waals surface area contributed by atoms with Gasteiger partial charge in [-0.3, -0.25) is 14.9 Å². The molecule has 0 spiro atoms. The minimum atomic E-state index is -0.494. The summed E-state index contributed by atoms with van der Waals surface area (Å²) in [7, 11) is 0. The molecule has 0 aromatic heterocycles. The summed E-state index contributed by atoms with van der Waals surface area (Å²) in [6.45, 7) is 1.88. The van der Waals surface area contributed by atoms with Crippen LogP contribution >= 0.6 is 11.8 Å². The highest BCUT2D eigenvalue weighted by molar-refractivity contribution is 8.01. The van der Waals surface area contributed by atoms with Crippen molar-refractivity contribution in [1.82, 2.24) is 0 Å². The maximum atomic E-state index is 12.4. The number of nitro groups is 1. The van der Waals surface area contributed by atoms with Crippen LogP contribution in [0, 0.1) is 10.1 Å². The molecule has 4 nitrogen and oxygen atoms in total. The van der Waals surface area contributed by atoms with Crippen LogP contribution < -0.4 is 0 Å². The van der Waals surface area contributed by atoms with E-state index in [1.165, 1.54) is 6.07 Å². The molecule has 0 amide bonds. The smallest absolute Gasteiger partial charge is 0.280 e. The predicted octanol–water partition coefficient (Wildman–Crippen LogP) is 3.06. The average Bonchev–Trinajstić information content (AvgIpc) is 2.76. The minimum absolute atomic E-state index is 0.0915. The van der Waals surface area contributed by atoms with Gasteiger partial charge in [0.25, 0.3) is 5.69 Å². The fourth-order valence-corrected chi connectivity index (χ4v) is 3.34. The Morgan fingerprint density at radius 1 is 1.47 bits per heavy atom. The van der Waals surface area contributed by atoms with Crippen LogP contribution in [0.5, 0.6) is 0 Å². The van der Waals surface area contributed by atoms with E-state index in [1.807, 2.05) is 6.92 Å². The van der Waals surface area contributed by atoms with Gasteiger partial charge >= 0.3 is 0 Å². The summed E-state index contributed by atoms with van der Waals surface area (Å²) in [5, 5.41) is 10.9. The minimum Gasteiger partial charge on any atom is -0.292 e. The molecule has 2 rings (SSSR count). The molecule has 0 aliphatic carbocycles. The molecule has 1 aliphatic heterocycles. The van der Waals surface area contributed by atoms with E-state index >= 15 is 0 Å². The number of carbonyl (C=O) groups excluding carboxylic acids is 1. The lowest BCUT2D eigenvalue weighted by molar-refractivity contribution is -0.385. The molecule has 0 bridgehead atoms. The summed E-state index contributed by atoms with van der Waals surface area (Å²) in [6, 6.07) is 6.18. The number of ketones is 1. The Balaban J connectivity index is 2.40. The first-order valence-corrected chi connectivity index (χ1v) is 6.45. The summed E-state index contributed by atoms with van der Waals surface area (Å²) in [5.41, 5.74) is 0.139. The quantitative estimate of drug-likeness (QED) is 0.470. The molecule has 1 atom stereocenters. The van der Waals surface area contributed by atoms with Crippen LogP contribution in [0.2, 0.25) is 0 Å². The summed E-state index contributed by atoms with van der Waals surface area (Å²) in [6.07, 6.45) is 1.79. The molecule has 0 N–H and O–H groups in total. The van der Waals surface area contributed by atoms with Crippen LogP contribution in [0.3, 0.4) is 0 Å². The van der Waals surface area contributed by atoms with Crippen LogP contribution in [-0.2, 0) is 0 Å². The van der Waals surface area contributed by atoms with Gasteiger partial charge in [-0.1, -0.05) is 12.1 Å². The zero-order chi connectivity index (χ0) is 12.5. The van der Waals surface area contributed by atoms with Crippen molar-refractivity contribution in [2.45, 2.75) is 24.5 Å². The highest BCUT2D eigenvalue weighted by atomic mass is 32.2. The predicted molar refractivity (Wildman–Crippen MR) is 67.5 cm³/mol. The molecule has 5 heteroatoms. The van der Waals surface area contributed by atoms with Gasteiger partial charge in [-0.15, -0.1) is 11.8 Å². The van der Waals surface area contributed by atoms with E-state index in [-0.39, 0.29) is 17.0 Å². The Morgan fingerprint density at radius 2 is 2.18 bits per heavy atom. The second-order valence-electron chi connectivity index (χ2n) is 4.29. The summed E-state index contributed by atoms with van der Waals surface area (Å²) in [5.74, 6) is 0.829. The van der Waals surface area contributed by atoms with Crippen molar-refractivity contribution in [2.24, 2.45) is 0 Å². The third kappa shape index (κ3) is 2.20. The van der Waals surface area contributed by atoms with E-state index in [0.717, 1.165) is 18.6 Å². The average molecular weight is 251 g/mol. The normalized spacial score (nSPS) is 23.6. The molecule has 17 heavy (non-hydrogen) atoms. The molecule has 1 aromatic rings. The summed E-state index contributed by atoms with van der Waals surface area (Å²) in [4.78, 5) is 22.8. The number of benzene rings is 1. The topological polar surface area (TPSA) is 60.2 Å². The lowest BCUT2D eigenvalue weighted by Gasteiger charge is -2.20. The molecule has 1 unspecified atom stereocenters. The number of hydrogen-bond acceptors (Lipinski definition) is 4. The van der Waals surface area contributed by atoms with E-state index in [4.69, 9.17) is 0 Å². The zero-order valence-corrected chi connectivity index (χ0v) is 10.3.